The monoisotopic (exact) mass is 316 g/mol. The third kappa shape index (κ3) is 2.88. The summed E-state index contributed by atoms with van der Waals surface area (Å²) in [5.41, 5.74) is 5.43. The Morgan fingerprint density at radius 1 is 1.00 bits per heavy atom. The maximum atomic E-state index is 6.21. The van der Waals surface area contributed by atoms with Crippen LogP contribution in [-0.2, 0) is 0 Å². The number of benzene rings is 2. The highest BCUT2D eigenvalue weighted by Gasteiger charge is 2.24. The van der Waals surface area contributed by atoms with Gasteiger partial charge >= 0.3 is 0 Å². The first kappa shape index (κ1) is 14.7. The minimum atomic E-state index is 0.360. The Bertz CT molecular complexity index is 698. The molecule has 0 aliphatic heterocycles. The molecule has 0 radical (unpaired) electrons. The van der Waals surface area contributed by atoms with Crippen molar-refractivity contribution in [2.75, 3.05) is 0 Å². The molecule has 0 spiro atoms. The van der Waals surface area contributed by atoms with Gasteiger partial charge in [-0.05, 0) is 41.2 Å². The van der Waals surface area contributed by atoms with Gasteiger partial charge in [-0.2, -0.15) is 0 Å². The van der Waals surface area contributed by atoms with Crippen LogP contribution in [0.3, 0.4) is 0 Å². The fraction of sp³-hybridized carbons (Fsp3) is 0.263. The van der Waals surface area contributed by atoms with Crippen molar-refractivity contribution in [1.82, 2.24) is 0 Å². The Balaban J connectivity index is 2.10. The van der Waals surface area contributed by atoms with Crippen LogP contribution in [0.4, 0.5) is 0 Å². The molecule has 1 aliphatic carbocycles. The molecule has 0 aromatic heterocycles. The molecular formula is C19H18Cl2. The second-order valence-corrected chi connectivity index (χ2v) is 6.75. The summed E-state index contributed by atoms with van der Waals surface area (Å²) >= 11 is 12.3. The van der Waals surface area contributed by atoms with Gasteiger partial charge in [-0.1, -0.05) is 79.0 Å². The quantitative estimate of drug-likeness (QED) is 0.587. The van der Waals surface area contributed by atoms with Crippen LogP contribution < -0.4 is 0 Å². The van der Waals surface area contributed by atoms with Gasteiger partial charge in [0.25, 0.3) is 0 Å². The van der Waals surface area contributed by atoms with Crippen molar-refractivity contribution < 1.29 is 0 Å². The molecule has 0 bridgehead atoms. The predicted molar refractivity (Wildman–Crippen MR) is 92.2 cm³/mol. The fourth-order valence-electron chi connectivity index (χ4n) is 2.99. The molecule has 21 heavy (non-hydrogen) atoms. The van der Waals surface area contributed by atoms with E-state index in [2.05, 4.69) is 50.3 Å². The van der Waals surface area contributed by atoms with Gasteiger partial charge in [0.1, 0.15) is 0 Å². The fourth-order valence-corrected chi connectivity index (χ4v) is 3.30. The topological polar surface area (TPSA) is 0 Å². The molecule has 3 rings (SSSR count). The summed E-state index contributed by atoms with van der Waals surface area (Å²) in [6.45, 7) is 4.51. The van der Waals surface area contributed by atoms with Crippen molar-refractivity contribution in [3.63, 3.8) is 0 Å². The van der Waals surface area contributed by atoms with Crippen molar-refractivity contribution in [2.24, 2.45) is 5.92 Å². The molecule has 0 nitrogen and oxygen atoms in total. The van der Waals surface area contributed by atoms with E-state index >= 15 is 0 Å². The van der Waals surface area contributed by atoms with Crippen LogP contribution in [0.25, 0.3) is 6.08 Å². The summed E-state index contributed by atoms with van der Waals surface area (Å²) < 4.78 is 0. The highest BCUT2D eigenvalue weighted by molar-refractivity contribution is 6.42. The van der Waals surface area contributed by atoms with Gasteiger partial charge in [0, 0.05) is 5.92 Å². The molecule has 0 amide bonds. The second kappa shape index (κ2) is 5.87. The molecule has 2 heteroatoms. The zero-order chi connectivity index (χ0) is 15.0. The molecular weight excluding hydrogens is 299 g/mol. The van der Waals surface area contributed by atoms with E-state index < -0.39 is 0 Å². The zero-order valence-corrected chi connectivity index (χ0v) is 13.7. The van der Waals surface area contributed by atoms with Gasteiger partial charge in [0.2, 0.25) is 0 Å². The summed E-state index contributed by atoms with van der Waals surface area (Å²) in [7, 11) is 0. The molecule has 2 aromatic carbocycles. The first-order chi connectivity index (χ1) is 10.1. The minimum absolute atomic E-state index is 0.360. The van der Waals surface area contributed by atoms with Gasteiger partial charge in [0.05, 0.1) is 10.0 Å². The summed E-state index contributed by atoms with van der Waals surface area (Å²) in [5, 5.41) is 1.25. The number of rotatable bonds is 2. The lowest BCUT2D eigenvalue weighted by atomic mass is 9.76. The van der Waals surface area contributed by atoms with Gasteiger partial charge in [-0.15, -0.1) is 0 Å². The Hall–Kier alpha value is -1.24. The smallest absolute Gasteiger partial charge is 0.0595 e. The first-order valence-corrected chi connectivity index (χ1v) is 8.06. The number of hydrogen-bond donors (Lipinski definition) is 0. The van der Waals surface area contributed by atoms with E-state index in [9.17, 15) is 0 Å². The summed E-state index contributed by atoms with van der Waals surface area (Å²) in [6.07, 6.45) is 3.39. The maximum Gasteiger partial charge on any atom is 0.0595 e. The van der Waals surface area contributed by atoms with Crippen LogP contribution in [0.1, 0.15) is 42.9 Å². The maximum absolute atomic E-state index is 6.21. The molecule has 108 valence electrons. The van der Waals surface area contributed by atoms with E-state index in [1.165, 1.54) is 22.3 Å². The van der Waals surface area contributed by atoms with Crippen molar-refractivity contribution in [2.45, 2.75) is 26.2 Å². The lowest BCUT2D eigenvalue weighted by Crippen LogP contribution is -2.11. The number of halogens is 2. The van der Waals surface area contributed by atoms with Crippen molar-refractivity contribution in [3.05, 3.63) is 74.8 Å². The average Bonchev–Trinajstić information content (AvgIpc) is 2.49. The van der Waals surface area contributed by atoms with Crippen LogP contribution in [0.15, 0.2) is 48.0 Å². The molecule has 0 N–H and O–H groups in total. The Labute approximate surface area is 136 Å². The third-order valence-electron chi connectivity index (χ3n) is 4.24. The minimum Gasteiger partial charge on any atom is -0.0827 e. The molecule has 0 fully saturated rings. The van der Waals surface area contributed by atoms with Crippen LogP contribution in [0, 0.1) is 5.92 Å². The molecule has 0 unspecified atom stereocenters. The van der Waals surface area contributed by atoms with Gasteiger partial charge < -0.3 is 0 Å². The van der Waals surface area contributed by atoms with Gasteiger partial charge in [-0.3, -0.25) is 0 Å². The lowest BCUT2D eigenvalue weighted by Gasteiger charge is -2.28. The number of fused-ring (bicyclic) bond motifs is 1. The highest BCUT2D eigenvalue weighted by atomic mass is 35.5. The van der Waals surface area contributed by atoms with Gasteiger partial charge in [0.15, 0.2) is 0 Å². The normalized spacial score (nSPS) is 17.6. The molecule has 1 atom stereocenters. The summed E-state index contributed by atoms with van der Waals surface area (Å²) in [4.78, 5) is 0. The molecule has 2 aromatic rings. The average molecular weight is 317 g/mol. The molecule has 1 aliphatic rings. The van der Waals surface area contributed by atoms with Crippen molar-refractivity contribution >= 4 is 29.3 Å². The van der Waals surface area contributed by atoms with E-state index in [0.717, 1.165) is 6.42 Å². The van der Waals surface area contributed by atoms with Crippen LogP contribution >= 0.6 is 23.2 Å². The SMILES string of the molecule is CC(C)C1=Cc2ccccc2[C@H](c2ccc(Cl)c(Cl)c2)C1. The van der Waals surface area contributed by atoms with E-state index in [1.807, 2.05) is 12.1 Å². The van der Waals surface area contributed by atoms with Gasteiger partial charge in [-0.25, -0.2) is 0 Å². The molecule has 0 saturated heterocycles. The largest absolute Gasteiger partial charge is 0.0827 e. The van der Waals surface area contributed by atoms with Crippen LogP contribution in [-0.4, -0.2) is 0 Å². The molecule has 0 heterocycles. The Morgan fingerprint density at radius 3 is 2.48 bits per heavy atom. The lowest BCUT2D eigenvalue weighted by molar-refractivity contribution is 0.667. The van der Waals surface area contributed by atoms with Crippen molar-refractivity contribution in [1.29, 1.82) is 0 Å². The summed E-state index contributed by atoms with van der Waals surface area (Å²) in [5.74, 6) is 0.919. The summed E-state index contributed by atoms with van der Waals surface area (Å²) in [6, 6.07) is 14.6. The van der Waals surface area contributed by atoms with Crippen LogP contribution in [0.2, 0.25) is 10.0 Å². The second-order valence-electron chi connectivity index (χ2n) is 5.93. The van der Waals surface area contributed by atoms with E-state index in [-0.39, 0.29) is 0 Å². The predicted octanol–water partition coefficient (Wildman–Crippen LogP) is 6.57. The van der Waals surface area contributed by atoms with Crippen LogP contribution in [0.5, 0.6) is 0 Å². The standard InChI is InChI=1S/C19H18Cl2/c1-12(2)15-9-13-5-3-4-6-16(13)17(10-15)14-7-8-18(20)19(21)11-14/h3-9,11-12,17H,10H2,1-2H3/t17-/m0/s1. The highest BCUT2D eigenvalue weighted by Crippen LogP contribution is 2.41. The third-order valence-corrected chi connectivity index (χ3v) is 4.98. The van der Waals surface area contributed by atoms with E-state index in [1.54, 1.807) is 0 Å². The number of allylic oxidation sites excluding steroid dienone is 1. The zero-order valence-electron chi connectivity index (χ0n) is 12.2. The number of hydrogen-bond acceptors (Lipinski definition) is 0. The Kier molecular flexibility index (Phi) is 4.10. The molecule has 0 saturated carbocycles. The van der Waals surface area contributed by atoms with E-state index in [0.29, 0.717) is 21.9 Å². The van der Waals surface area contributed by atoms with Crippen molar-refractivity contribution in [3.8, 4) is 0 Å². The Morgan fingerprint density at radius 2 is 1.76 bits per heavy atom. The first-order valence-electron chi connectivity index (χ1n) is 7.30. The van der Waals surface area contributed by atoms with E-state index in [4.69, 9.17) is 23.2 Å².